The van der Waals surface area contributed by atoms with E-state index < -0.39 is 18.0 Å². The number of aliphatic hydroxyl groups excluding tert-OH is 1. The second-order valence-electron chi connectivity index (χ2n) is 8.97. The smallest absolute Gasteiger partial charge is 0.353 e. The zero-order valence-corrected chi connectivity index (χ0v) is 18.2. The minimum Gasteiger partial charge on any atom is -0.477 e. The number of carbonyl (C=O) groups excluding carboxylic acids is 1. The number of carboxylic acid groups (broad SMARTS) is 1. The van der Waals surface area contributed by atoms with Crippen LogP contribution in [0.1, 0.15) is 27.7 Å². The number of carbonyl (C=O) groups is 2. The molecule has 2 fully saturated rings. The molecule has 0 bridgehead atoms. The molecule has 0 aromatic rings. The molecule has 4 atom stereocenters. The number of rotatable bonds is 4. The first kappa shape index (κ1) is 20.1. The summed E-state index contributed by atoms with van der Waals surface area (Å²) in [6, 6.07) is -0.238. The molecule has 7 nitrogen and oxygen atoms in total. The van der Waals surface area contributed by atoms with Crippen molar-refractivity contribution in [1.29, 1.82) is 0 Å². The zero-order valence-electron chi connectivity index (χ0n) is 16.6. The summed E-state index contributed by atoms with van der Waals surface area (Å²) in [5.41, 5.74) is 0.364. The second-order valence-corrected chi connectivity index (χ2v) is 11.3. The number of carboxylic acids is 1. The molecule has 0 aromatic heterocycles. The lowest BCUT2D eigenvalue weighted by Gasteiger charge is -2.46. The molecule has 154 valence electrons. The fraction of sp³-hybridized carbons (Fsp3) is 0.737. The number of amides is 1. The summed E-state index contributed by atoms with van der Waals surface area (Å²) in [5.74, 6) is -0.836. The third-order valence-electron chi connectivity index (χ3n) is 5.96. The number of hydrogen-bond acceptors (Lipinski definition) is 7. The van der Waals surface area contributed by atoms with Crippen molar-refractivity contribution in [1.82, 2.24) is 9.80 Å². The highest BCUT2D eigenvalue weighted by atomic mass is 32.2. The van der Waals surface area contributed by atoms with Gasteiger partial charge in [-0.1, -0.05) is 32.5 Å². The quantitative estimate of drug-likeness (QED) is 0.662. The molecule has 9 heteroatoms. The van der Waals surface area contributed by atoms with Gasteiger partial charge in [0.15, 0.2) is 5.17 Å². The molecule has 2 N–H and O–H groups in total. The lowest BCUT2D eigenvalue weighted by Crippen LogP contribution is -2.63. The van der Waals surface area contributed by atoms with Crippen LogP contribution in [0.25, 0.3) is 0 Å². The van der Waals surface area contributed by atoms with Gasteiger partial charge in [-0.05, 0) is 12.3 Å². The van der Waals surface area contributed by atoms with Crippen LogP contribution in [0.2, 0.25) is 0 Å². The Morgan fingerprint density at radius 2 is 2.07 bits per heavy atom. The van der Waals surface area contributed by atoms with E-state index in [9.17, 15) is 19.8 Å². The molecule has 4 aliphatic rings. The SMILES string of the molecule is C[C@@H](O)C1C(=O)N2C(C(=O)O)=C(SC3CN(C4=NCC(C)(C)CS4)C3)[C@H](C)[C@H]12. The molecule has 28 heavy (non-hydrogen) atoms. The number of thioether (sulfide) groups is 2. The number of hydrogen-bond donors (Lipinski definition) is 2. The third-order valence-corrected chi connectivity index (χ3v) is 8.98. The first-order valence-corrected chi connectivity index (χ1v) is 11.5. The molecular formula is C19H27N3O4S2. The van der Waals surface area contributed by atoms with Gasteiger partial charge in [-0.3, -0.25) is 9.79 Å². The van der Waals surface area contributed by atoms with E-state index in [-0.39, 0.29) is 29.0 Å². The molecule has 1 unspecified atom stereocenters. The largest absolute Gasteiger partial charge is 0.477 e. The standard InChI is InChI=1S/C19H27N3O4S2/c1-9-13-12(10(2)23)16(24)22(13)14(17(25)26)15(9)28-11-5-21(6-11)18-20-7-19(3,4)8-27-18/h9-13,23H,5-8H2,1-4H3,(H,25,26)/t9-,10-,12?,13-/m1/s1. The number of fused-ring (bicyclic) bond motifs is 1. The van der Waals surface area contributed by atoms with Gasteiger partial charge in [0.25, 0.3) is 0 Å². The van der Waals surface area contributed by atoms with Crippen molar-refractivity contribution in [2.24, 2.45) is 22.2 Å². The average molecular weight is 426 g/mol. The van der Waals surface area contributed by atoms with Crippen LogP contribution in [-0.2, 0) is 9.59 Å². The van der Waals surface area contributed by atoms with Crippen molar-refractivity contribution in [2.75, 3.05) is 25.4 Å². The Morgan fingerprint density at radius 1 is 1.39 bits per heavy atom. The molecular weight excluding hydrogens is 398 g/mol. The van der Waals surface area contributed by atoms with E-state index in [0.717, 1.165) is 35.5 Å². The lowest BCUT2D eigenvalue weighted by atomic mass is 9.79. The molecule has 1 amide bonds. The van der Waals surface area contributed by atoms with Crippen molar-refractivity contribution >= 4 is 40.6 Å². The van der Waals surface area contributed by atoms with E-state index in [2.05, 4.69) is 18.7 Å². The molecule has 0 spiro atoms. The van der Waals surface area contributed by atoms with E-state index in [0.29, 0.717) is 5.25 Å². The summed E-state index contributed by atoms with van der Waals surface area (Å²) >= 11 is 3.39. The van der Waals surface area contributed by atoms with Gasteiger partial charge < -0.3 is 20.0 Å². The molecule has 0 aliphatic carbocycles. The van der Waals surface area contributed by atoms with Crippen LogP contribution in [0.5, 0.6) is 0 Å². The van der Waals surface area contributed by atoms with Crippen LogP contribution in [0.4, 0.5) is 0 Å². The minimum absolute atomic E-state index is 0.0651. The summed E-state index contributed by atoms with van der Waals surface area (Å²) in [5, 5.41) is 21.0. The monoisotopic (exact) mass is 425 g/mol. The summed E-state index contributed by atoms with van der Waals surface area (Å²) in [7, 11) is 0. The second kappa shape index (κ2) is 6.95. The summed E-state index contributed by atoms with van der Waals surface area (Å²) in [6.45, 7) is 10.6. The first-order chi connectivity index (χ1) is 13.1. The lowest BCUT2D eigenvalue weighted by molar-refractivity contribution is -0.163. The van der Waals surface area contributed by atoms with Crippen molar-refractivity contribution < 1.29 is 19.8 Å². The number of likely N-dealkylation sites (tertiary alicyclic amines) is 1. The minimum atomic E-state index is -1.06. The van der Waals surface area contributed by atoms with Gasteiger partial charge in [0.05, 0.1) is 18.1 Å². The van der Waals surface area contributed by atoms with Gasteiger partial charge in [-0.15, -0.1) is 11.8 Å². The Morgan fingerprint density at radius 3 is 2.61 bits per heavy atom. The predicted octanol–water partition coefficient (Wildman–Crippen LogP) is 1.69. The topological polar surface area (TPSA) is 93.4 Å². The van der Waals surface area contributed by atoms with E-state index in [1.165, 1.54) is 4.90 Å². The Bertz CT molecular complexity index is 773. The Hall–Kier alpha value is -1.19. The third kappa shape index (κ3) is 3.15. The van der Waals surface area contributed by atoms with E-state index in [4.69, 9.17) is 4.99 Å². The van der Waals surface area contributed by atoms with E-state index in [1.54, 1.807) is 30.4 Å². The maximum absolute atomic E-state index is 12.4. The first-order valence-electron chi connectivity index (χ1n) is 9.68. The van der Waals surface area contributed by atoms with Gasteiger partial charge in [-0.2, -0.15) is 0 Å². The number of aliphatic hydroxyl groups is 1. The molecule has 2 saturated heterocycles. The van der Waals surface area contributed by atoms with Crippen molar-refractivity contribution in [3.8, 4) is 0 Å². The highest BCUT2D eigenvalue weighted by molar-refractivity contribution is 8.13. The van der Waals surface area contributed by atoms with E-state index in [1.807, 2.05) is 6.92 Å². The van der Waals surface area contributed by atoms with Crippen molar-refractivity contribution in [3.05, 3.63) is 10.6 Å². The molecule has 0 saturated carbocycles. The van der Waals surface area contributed by atoms with Gasteiger partial charge in [0.1, 0.15) is 5.70 Å². The Kier molecular flexibility index (Phi) is 4.99. The van der Waals surface area contributed by atoms with Crippen LogP contribution in [0.15, 0.2) is 15.6 Å². The number of amidine groups is 1. The Labute approximate surface area is 173 Å². The van der Waals surface area contributed by atoms with Crippen molar-refractivity contribution in [3.63, 3.8) is 0 Å². The van der Waals surface area contributed by atoms with E-state index >= 15 is 0 Å². The van der Waals surface area contributed by atoms with Gasteiger partial charge in [0, 0.05) is 41.5 Å². The van der Waals surface area contributed by atoms with Crippen molar-refractivity contribution in [2.45, 2.75) is 45.1 Å². The molecule has 4 aliphatic heterocycles. The molecule has 0 aromatic carbocycles. The van der Waals surface area contributed by atoms with Gasteiger partial charge in [-0.25, -0.2) is 4.79 Å². The van der Waals surface area contributed by atoms with Gasteiger partial charge >= 0.3 is 5.97 Å². The summed E-state index contributed by atoms with van der Waals surface area (Å²) in [6.07, 6.45) is -0.764. The normalized spacial score (nSPS) is 33.2. The molecule has 0 radical (unpaired) electrons. The predicted molar refractivity (Wildman–Crippen MR) is 111 cm³/mol. The van der Waals surface area contributed by atoms with Crippen LogP contribution in [0, 0.1) is 17.3 Å². The Balaban J connectivity index is 1.43. The van der Waals surface area contributed by atoms with Gasteiger partial charge in [0.2, 0.25) is 5.91 Å². The summed E-state index contributed by atoms with van der Waals surface area (Å²) < 4.78 is 0. The van der Waals surface area contributed by atoms with Crippen LogP contribution < -0.4 is 0 Å². The number of aliphatic carboxylic acids is 1. The fourth-order valence-electron chi connectivity index (χ4n) is 4.35. The zero-order chi connectivity index (χ0) is 20.4. The number of aliphatic imine (C=N–C) groups is 1. The number of β-lactam (4-membered cyclic amide) rings is 1. The summed E-state index contributed by atoms with van der Waals surface area (Å²) in [4.78, 5) is 33.4. The van der Waals surface area contributed by atoms with Crippen LogP contribution in [0.3, 0.4) is 0 Å². The molecule has 4 heterocycles. The highest BCUT2D eigenvalue weighted by Gasteiger charge is 2.60. The highest BCUT2D eigenvalue weighted by Crippen LogP contribution is 2.52. The average Bonchev–Trinajstić information content (AvgIpc) is 2.80. The number of nitrogens with zero attached hydrogens (tertiary/aromatic N) is 3. The molecule has 4 rings (SSSR count). The maximum Gasteiger partial charge on any atom is 0.353 e. The fourth-order valence-corrected chi connectivity index (χ4v) is 6.97. The van der Waals surface area contributed by atoms with Crippen LogP contribution >= 0.6 is 23.5 Å². The maximum atomic E-state index is 12.4. The van der Waals surface area contributed by atoms with Crippen LogP contribution in [-0.4, -0.2) is 79.8 Å².